The summed E-state index contributed by atoms with van der Waals surface area (Å²) < 4.78 is 0. The number of nitrogens with zero attached hydrogens (tertiary/aromatic N) is 2. The Bertz CT molecular complexity index is 435. The maximum Gasteiger partial charge on any atom is 0.223 e. The van der Waals surface area contributed by atoms with E-state index in [4.69, 9.17) is 23.1 Å². The average molecular weight is 184 g/mol. The van der Waals surface area contributed by atoms with Crippen molar-refractivity contribution in [2.45, 2.75) is 0 Å². The van der Waals surface area contributed by atoms with Crippen molar-refractivity contribution in [2.24, 2.45) is 0 Å². The fourth-order valence-electron chi connectivity index (χ4n) is 1.03. The molecule has 0 unspecified atom stereocenters. The molecule has 0 radical (unpaired) electrons. The number of aromatic amines is 1. The Kier molecular flexibility index (Phi) is 1.34. The van der Waals surface area contributed by atoms with Crippen LogP contribution in [0.4, 0.5) is 11.6 Å². The number of nitrogen functional groups attached to an aromatic ring is 2. The Hall–Kier alpha value is -1.49. The molecule has 0 saturated heterocycles. The predicted octanol–water partition coefficient (Wildman–Crippen LogP) is 0.776. The molecule has 2 rings (SSSR count). The van der Waals surface area contributed by atoms with Gasteiger partial charge in [0, 0.05) is 6.20 Å². The van der Waals surface area contributed by atoms with Crippen LogP contribution in [0.25, 0.3) is 11.0 Å². The van der Waals surface area contributed by atoms with Crippen LogP contribution in [0.5, 0.6) is 0 Å². The smallest absolute Gasteiger partial charge is 0.223 e. The van der Waals surface area contributed by atoms with E-state index in [1.165, 1.54) is 0 Å². The highest BCUT2D eigenvalue weighted by Gasteiger charge is 2.08. The lowest BCUT2D eigenvalue weighted by molar-refractivity contribution is 1.22. The molecular formula is C6H6ClN5. The third kappa shape index (κ3) is 0.868. The first-order valence-corrected chi connectivity index (χ1v) is 3.62. The largest absolute Gasteiger partial charge is 0.397 e. The van der Waals surface area contributed by atoms with Crippen LogP contribution in [0.1, 0.15) is 0 Å². The van der Waals surface area contributed by atoms with Crippen LogP contribution >= 0.6 is 11.6 Å². The molecule has 2 heterocycles. The molecule has 0 amide bonds. The van der Waals surface area contributed by atoms with Gasteiger partial charge in [-0.15, -0.1) is 0 Å². The Morgan fingerprint density at radius 2 is 2.08 bits per heavy atom. The second kappa shape index (κ2) is 2.25. The van der Waals surface area contributed by atoms with Crippen LogP contribution in [-0.2, 0) is 0 Å². The standard InChI is InChI=1S/C6H6ClN5/c7-4-3-2(8)1-10-5(3)12-6(9)11-4/h1H,8H2,(H3,9,10,11,12). The number of hydrogen-bond donors (Lipinski definition) is 3. The SMILES string of the molecule is Nc1nc(Cl)c2c(N)c[nH]c2n1. The summed E-state index contributed by atoms with van der Waals surface area (Å²) >= 11 is 5.78. The van der Waals surface area contributed by atoms with Crippen molar-refractivity contribution in [3.8, 4) is 0 Å². The number of rotatable bonds is 0. The van der Waals surface area contributed by atoms with E-state index in [1.807, 2.05) is 0 Å². The molecule has 0 bridgehead atoms. The summed E-state index contributed by atoms with van der Waals surface area (Å²) in [5.41, 5.74) is 12.0. The van der Waals surface area contributed by atoms with Crippen LogP contribution < -0.4 is 11.5 Å². The molecular weight excluding hydrogens is 178 g/mol. The van der Waals surface area contributed by atoms with E-state index in [0.29, 0.717) is 16.7 Å². The number of halogens is 1. The molecule has 0 aliphatic heterocycles. The van der Waals surface area contributed by atoms with Crippen molar-refractivity contribution in [1.29, 1.82) is 0 Å². The highest BCUT2D eigenvalue weighted by atomic mass is 35.5. The molecule has 0 atom stereocenters. The van der Waals surface area contributed by atoms with Crippen LogP contribution in [0.2, 0.25) is 5.15 Å². The van der Waals surface area contributed by atoms with Gasteiger partial charge in [0.25, 0.3) is 0 Å². The van der Waals surface area contributed by atoms with E-state index in [0.717, 1.165) is 0 Å². The Morgan fingerprint density at radius 1 is 1.33 bits per heavy atom. The molecule has 62 valence electrons. The lowest BCUT2D eigenvalue weighted by Crippen LogP contribution is -1.95. The summed E-state index contributed by atoms with van der Waals surface area (Å²) in [4.78, 5) is 10.5. The Balaban J connectivity index is 2.93. The molecule has 6 heteroatoms. The van der Waals surface area contributed by atoms with Gasteiger partial charge in [-0.05, 0) is 0 Å². The number of H-pyrrole nitrogens is 1. The summed E-state index contributed by atoms with van der Waals surface area (Å²) in [6, 6.07) is 0. The molecule has 2 aromatic heterocycles. The molecule has 12 heavy (non-hydrogen) atoms. The molecule has 0 aromatic carbocycles. The van der Waals surface area contributed by atoms with Gasteiger partial charge in [0.2, 0.25) is 5.95 Å². The van der Waals surface area contributed by atoms with E-state index in [2.05, 4.69) is 15.0 Å². The fraction of sp³-hybridized carbons (Fsp3) is 0. The molecule has 5 nitrogen and oxygen atoms in total. The number of hydrogen-bond acceptors (Lipinski definition) is 4. The van der Waals surface area contributed by atoms with Crippen molar-refractivity contribution in [2.75, 3.05) is 11.5 Å². The first-order valence-electron chi connectivity index (χ1n) is 3.24. The predicted molar refractivity (Wildman–Crippen MR) is 47.7 cm³/mol. The molecule has 2 aromatic rings. The zero-order chi connectivity index (χ0) is 8.72. The molecule has 5 N–H and O–H groups in total. The van der Waals surface area contributed by atoms with E-state index in [1.54, 1.807) is 6.20 Å². The molecule has 0 fully saturated rings. The number of nitrogens with two attached hydrogens (primary N) is 2. The van der Waals surface area contributed by atoms with Gasteiger partial charge in [-0.2, -0.15) is 4.98 Å². The quantitative estimate of drug-likeness (QED) is 0.526. The van der Waals surface area contributed by atoms with Gasteiger partial charge in [-0.3, -0.25) is 0 Å². The van der Waals surface area contributed by atoms with Gasteiger partial charge in [0.1, 0.15) is 10.8 Å². The third-order valence-corrected chi connectivity index (χ3v) is 1.81. The maximum absolute atomic E-state index is 5.78. The molecule has 0 aliphatic rings. The van der Waals surface area contributed by atoms with E-state index in [9.17, 15) is 0 Å². The second-order valence-electron chi connectivity index (χ2n) is 2.34. The van der Waals surface area contributed by atoms with Crippen molar-refractivity contribution in [1.82, 2.24) is 15.0 Å². The van der Waals surface area contributed by atoms with Crippen molar-refractivity contribution in [3.05, 3.63) is 11.3 Å². The van der Waals surface area contributed by atoms with Gasteiger partial charge in [-0.1, -0.05) is 11.6 Å². The zero-order valence-electron chi connectivity index (χ0n) is 6.00. The number of anilines is 2. The zero-order valence-corrected chi connectivity index (χ0v) is 6.76. The summed E-state index contributed by atoms with van der Waals surface area (Å²) in [6.45, 7) is 0. The Morgan fingerprint density at radius 3 is 2.83 bits per heavy atom. The minimum absolute atomic E-state index is 0.134. The number of nitrogens with one attached hydrogen (secondary N) is 1. The van der Waals surface area contributed by atoms with Crippen LogP contribution in [0, 0.1) is 0 Å². The maximum atomic E-state index is 5.78. The normalized spacial score (nSPS) is 10.8. The molecule has 0 spiro atoms. The van der Waals surface area contributed by atoms with Gasteiger partial charge in [-0.25, -0.2) is 4.98 Å². The monoisotopic (exact) mass is 183 g/mol. The number of fused-ring (bicyclic) bond motifs is 1. The summed E-state index contributed by atoms with van der Waals surface area (Å²) in [6.07, 6.45) is 1.60. The summed E-state index contributed by atoms with van der Waals surface area (Å²) in [5.74, 6) is 0.134. The van der Waals surface area contributed by atoms with Crippen LogP contribution in [0.3, 0.4) is 0 Å². The lowest BCUT2D eigenvalue weighted by atomic mass is 10.4. The van der Waals surface area contributed by atoms with Gasteiger partial charge >= 0.3 is 0 Å². The fourth-order valence-corrected chi connectivity index (χ4v) is 1.31. The van der Waals surface area contributed by atoms with Gasteiger partial charge < -0.3 is 16.5 Å². The third-order valence-electron chi connectivity index (χ3n) is 1.54. The minimum atomic E-state index is 0.134. The van der Waals surface area contributed by atoms with Gasteiger partial charge in [0.15, 0.2) is 0 Å². The molecule has 0 aliphatic carbocycles. The minimum Gasteiger partial charge on any atom is -0.397 e. The van der Waals surface area contributed by atoms with E-state index >= 15 is 0 Å². The van der Waals surface area contributed by atoms with Gasteiger partial charge in [0.05, 0.1) is 11.1 Å². The molecule has 0 saturated carbocycles. The lowest BCUT2D eigenvalue weighted by Gasteiger charge is -1.95. The topological polar surface area (TPSA) is 93.6 Å². The highest BCUT2D eigenvalue weighted by molar-refractivity contribution is 6.35. The first-order chi connectivity index (χ1) is 5.68. The highest BCUT2D eigenvalue weighted by Crippen LogP contribution is 2.25. The van der Waals surface area contributed by atoms with Crippen molar-refractivity contribution < 1.29 is 0 Å². The number of aromatic nitrogens is 3. The van der Waals surface area contributed by atoms with Crippen molar-refractivity contribution in [3.63, 3.8) is 0 Å². The van der Waals surface area contributed by atoms with Crippen LogP contribution in [0.15, 0.2) is 6.20 Å². The second-order valence-corrected chi connectivity index (χ2v) is 2.70. The van der Waals surface area contributed by atoms with Crippen LogP contribution in [-0.4, -0.2) is 15.0 Å². The Labute approximate surface area is 72.7 Å². The van der Waals surface area contributed by atoms with E-state index < -0.39 is 0 Å². The summed E-state index contributed by atoms with van der Waals surface area (Å²) in [5, 5.41) is 0.891. The average Bonchev–Trinajstić information content (AvgIpc) is 2.31. The first kappa shape index (κ1) is 7.17. The van der Waals surface area contributed by atoms with E-state index in [-0.39, 0.29) is 11.1 Å². The van der Waals surface area contributed by atoms with Crippen molar-refractivity contribution >= 4 is 34.3 Å². The summed E-state index contributed by atoms with van der Waals surface area (Å²) in [7, 11) is 0.